The van der Waals surface area contributed by atoms with Crippen molar-refractivity contribution < 1.29 is 31.4 Å². The van der Waals surface area contributed by atoms with Crippen LogP contribution in [0.25, 0.3) is 22.2 Å². The third-order valence-corrected chi connectivity index (χ3v) is 9.52. The van der Waals surface area contributed by atoms with Gasteiger partial charge < -0.3 is 30.3 Å². The SMILES string of the molecule is COC[C@]1(C)CCN1c1nc2c3c(nc(-c4cc(N)c(F)c(C)c4C(F)(F)F)c(F)c3n1)O[C@@H](C)[C@@H]1[C@@H]3CC[C@H](CN21)N3. The van der Waals surface area contributed by atoms with Gasteiger partial charge in [-0.2, -0.15) is 18.2 Å². The number of ether oxygens (including phenoxy) is 2. The second kappa shape index (κ2) is 9.49. The lowest BCUT2D eigenvalue weighted by Gasteiger charge is -2.50. The van der Waals surface area contributed by atoms with Gasteiger partial charge in [0.05, 0.1) is 29.4 Å². The van der Waals surface area contributed by atoms with Crippen LogP contribution < -0.4 is 25.6 Å². The van der Waals surface area contributed by atoms with E-state index in [9.17, 15) is 17.6 Å². The number of methoxy groups -OCH3 is 1. The first-order valence-electron chi connectivity index (χ1n) is 14.4. The van der Waals surface area contributed by atoms with Gasteiger partial charge in [0.15, 0.2) is 5.82 Å². The molecule has 3 saturated heterocycles. The Hall–Kier alpha value is -3.52. The Kier molecular flexibility index (Phi) is 6.24. The first kappa shape index (κ1) is 28.3. The highest BCUT2D eigenvalue weighted by Crippen LogP contribution is 2.48. The number of nitrogen functional groups attached to an aromatic ring is 1. The first-order valence-corrected chi connectivity index (χ1v) is 14.4. The molecule has 43 heavy (non-hydrogen) atoms. The average Bonchev–Trinajstić information content (AvgIpc) is 3.25. The van der Waals surface area contributed by atoms with E-state index in [0.29, 0.717) is 25.5 Å². The number of pyridine rings is 1. The largest absolute Gasteiger partial charge is 0.472 e. The topological polar surface area (TPSA) is 102 Å². The molecule has 2 bridgehead atoms. The van der Waals surface area contributed by atoms with Gasteiger partial charge in [-0.1, -0.05) is 0 Å². The molecule has 3 N–H and O–H groups in total. The minimum Gasteiger partial charge on any atom is -0.472 e. The molecule has 3 aromatic rings. The van der Waals surface area contributed by atoms with Crippen molar-refractivity contribution >= 4 is 28.4 Å². The third kappa shape index (κ3) is 4.12. The maximum Gasteiger partial charge on any atom is 0.417 e. The van der Waals surface area contributed by atoms with Crippen LogP contribution in [0.2, 0.25) is 0 Å². The minimum atomic E-state index is -5.02. The predicted molar refractivity (Wildman–Crippen MR) is 150 cm³/mol. The van der Waals surface area contributed by atoms with Gasteiger partial charge in [0.1, 0.15) is 34.3 Å². The van der Waals surface area contributed by atoms with Crippen LogP contribution in [0.5, 0.6) is 5.88 Å². The number of nitrogens with two attached hydrogens (primary N) is 1. The summed E-state index contributed by atoms with van der Waals surface area (Å²) in [5.74, 6) is -1.73. The fraction of sp³-hybridized carbons (Fsp3) is 0.552. The fourth-order valence-corrected chi connectivity index (χ4v) is 7.38. The number of alkyl halides is 3. The van der Waals surface area contributed by atoms with E-state index in [-0.39, 0.29) is 40.9 Å². The van der Waals surface area contributed by atoms with E-state index in [0.717, 1.165) is 32.3 Å². The zero-order chi connectivity index (χ0) is 30.6. The van der Waals surface area contributed by atoms with E-state index in [1.807, 2.05) is 18.7 Å². The Morgan fingerprint density at radius 2 is 1.95 bits per heavy atom. The lowest BCUT2D eigenvalue weighted by molar-refractivity contribution is -0.137. The van der Waals surface area contributed by atoms with Crippen LogP contribution in [0.3, 0.4) is 0 Å². The highest BCUT2D eigenvalue weighted by molar-refractivity contribution is 5.98. The van der Waals surface area contributed by atoms with Gasteiger partial charge in [-0.3, -0.25) is 0 Å². The summed E-state index contributed by atoms with van der Waals surface area (Å²) >= 11 is 0. The molecule has 2 aromatic heterocycles. The standard InChI is InChI=1S/C29H32F5N7O2/c1-12-19(29(32,33)34)15(9-16(35)20(12)30)22-21(31)23-18-25(39-27(38-23)41-8-7-28(41,3)11-42-4)40-10-14-5-6-17(36-14)24(40)13(2)43-26(18)37-22/h9,13-14,17,24,36H,5-8,10-11,35H2,1-4H3/t13-,14+,17-,24+,28-/m0/s1. The monoisotopic (exact) mass is 605 g/mol. The number of hydrogen-bond acceptors (Lipinski definition) is 9. The lowest BCUT2D eigenvalue weighted by Crippen LogP contribution is -2.63. The van der Waals surface area contributed by atoms with Crippen LogP contribution in [0.15, 0.2) is 6.07 Å². The Morgan fingerprint density at radius 1 is 1.19 bits per heavy atom. The van der Waals surface area contributed by atoms with Crippen molar-refractivity contribution in [2.75, 3.05) is 42.3 Å². The van der Waals surface area contributed by atoms with Gasteiger partial charge in [0.2, 0.25) is 11.8 Å². The molecule has 0 spiro atoms. The van der Waals surface area contributed by atoms with Crippen molar-refractivity contribution in [3.8, 4) is 17.1 Å². The molecule has 14 heteroatoms. The Balaban J connectivity index is 1.53. The van der Waals surface area contributed by atoms with Crippen molar-refractivity contribution in [1.29, 1.82) is 0 Å². The van der Waals surface area contributed by atoms with E-state index in [1.54, 1.807) is 7.11 Å². The van der Waals surface area contributed by atoms with Crippen molar-refractivity contribution in [3.63, 3.8) is 0 Å². The molecular weight excluding hydrogens is 573 g/mol. The fourth-order valence-electron chi connectivity index (χ4n) is 7.38. The van der Waals surface area contributed by atoms with Crippen molar-refractivity contribution in [2.45, 2.75) is 76.0 Å². The second-order valence-corrected chi connectivity index (χ2v) is 12.3. The van der Waals surface area contributed by atoms with Crippen LogP contribution in [-0.4, -0.2) is 71.5 Å². The van der Waals surface area contributed by atoms with Crippen molar-refractivity contribution in [3.05, 3.63) is 28.8 Å². The number of aromatic nitrogens is 3. The zero-order valence-electron chi connectivity index (χ0n) is 24.1. The van der Waals surface area contributed by atoms with Crippen LogP contribution in [0.4, 0.5) is 39.4 Å². The number of anilines is 3. The Morgan fingerprint density at radius 3 is 2.63 bits per heavy atom. The van der Waals surface area contributed by atoms with Crippen LogP contribution >= 0.6 is 0 Å². The summed E-state index contributed by atoms with van der Waals surface area (Å²) in [6.07, 6.45) is -2.84. The minimum absolute atomic E-state index is 0.0694. The number of nitrogens with one attached hydrogen (secondary N) is 1. The number of rotatable bonds is 4. The molecule has 0 radical (unpaired) electrons. The van der Waals surface area contributed by atoms with Gasteiger partial charge in [-0.05, 0) is 51.7 Å². The Labute approximate surface area is 244 Å². The summed E-state index contributed by atoms with van der Waals surface area (Å²) < 4.78 is 86.2. The average molecular weight is 606 g/mol. The van der Waals surface area contributed by atoms with E-state index >= 15 is 4.39 Å². The van der Waals surface area contributed by atoms with Gasteiger partial charge in [-0.15, -0.1) is 0 Å². The molecule has 9 nitrogen and oxygen atoms in total. The van der Waals surface area contributed by atoms with Crippen molar-refractivity contribution in [1.82, 2.24) is 20.3 Å². The molecule has 230 valence electrons. The Bertz CT molecular complexity index is 1650. The molecule has 0 aliphatic carbocycles. The molecule has 4 aliphatic heterocycles. The highest BCUT2D eigenvalue weighted by atomic mass is 19.4. The lowest BCUT2D eigenvalue weighted by atomic mass is 9.88. The second-order valence-electron chi connectivity index (χ2n) is 12.3. The molecule has 0 saturated carbocycles. The number of fused-ring (bicyclic) bond motifs is 5. The van der Waals surface area contributed by atoms with E-state index < -0.39 is 57.5 Å². The summed E-state index contributed by atoms with van der Waals surface area (Å²) in [5, 5.41) is 3.82. The van der Waals surface area contributed by atoms with Crippen molar-refractivity contribution in [2.24, 2.45) is 0 Å². The number of nitrogens with zero attached hydrogens (tertiary/aromatic N) is 5. The molecule has 0 unspecified atom stereocenters. The number of halogens is 5. The van der Waals surface area contributed by atoms with Gasteiger partial charge >= 0.3 is 6.18 Å². The van der Waals surface area contributed by atoms with Gasteiger partial charge in [0, 0.05) is 37.8 Å². The van der Waals surface area contributed by atoms with Crippen LogP contribution in [-0.2, 0) is 10.9 Å². The molecular formula is C29H32F5N7O2. The molecule has 5 atom stereocenters. The van der Waals surface area contributed by atoms with Gasteiger partial charge in [-0.25, -0.2) is 18.7 Å². The van der Waals surface area contributed by atoms with Crippen LogP contribution in [0.1, 0.15) is 44.2 Å². The summed E-state index contributed by atoms with van der Waals surface area (Å²) in [6, 6.07) is 0.847. The number of piperazine rings is 1. The normalized spacial score (nSPS) is 28.0. The summed E-state index contributed by atoms with van der Waals surface area (Å²) in [5.41, 5.74) is 1.07. The van der Waals surface area contributed by atoms with Gasteiger partial charge in [0.25, 0.3) is 0 Å². The first-order chi connectivity index (χ1) is 20.3. The molecule has 0 amide bonds. The summed E-state index contributed by atoms with van der Waals surface area (Å²) in [7, 11) is 1.59. The number of benzene rings is 1. The van der Waals surface area contributed by atoms with E-state index in [4.69, 9.17) is 20.2 Å². The third-order valence-electron chi connectivity index (χ3n) is 9.52. The molecule has 1 aromatic carbocycles. The quantitative estimate of drug-likeness (QED) is 0.327. The number of hydrogen-bond donors (Lipinski definition) is 2. The van der Waals surface area contributed by atoms with E-state index in [2.05, 4.69) is 20.2 Å². The molecule has 4 aliphatic rings. The summed E-state index contributed by atoms with van der Waals surface area (Å²) in [4.78, 5) is 18.0. The molecule has 3 fully saturated rings. The summed E-state index contributed by atoms with van der Waals surface area (Å²) in [6.45, 7) is 6.37. The van der Waals surface area contributed by atoms with E-state index in [1.165, 1.54) is 0 Å². The zero-order valence-corrected chi connectivity index (χ0v) is 24.1. The molecule has 6 heterocycles. The maximum atomic E-state index is 16.7. The maximum absolute atomic E-state index is 16.7. The smallest absolute Gasteiger partial charge is 0.417 e. The molecule has 7 rings (SSSR count). The predicted octanol–water partition coefficient (Wildman–Crippen LogP) is 4.58. The highest BCUT2D eigenvalue weighted by Gasteiger charge is 2.49. The van der Waals surface area contributed by atoms with Crippen LogP contribution in [0, 0.1) is 18.6 Å².